The van der Waals surface area contributed by atoms with Gasteiger partial charge in [0.2, 0.25) is 5.91 Å². The molecule has 1 amide bonds. The standard InChI is InChI=1S/C25H30F3N3O2/c26-25(27,28)16-8-11-20-19(13-16)23-18(22(30-20)15-5-2-1-3-6-15)10-9-17(33-23)14-31-12-4-7-21(31)24(29)32/h1-3,5,8,11,13,15,17-18,21-23,30H,4,6-7,9-10,12,14H2,(H2,29,32)/t15?,17-,18+,21-,22+,23+/m1/s1. The van der Waals surface area contributed by atoms with Gasteiger partial charge < -0.3 is 15.8 Å². The van der Waals surface area contributed by atoms with Crippen LogP contribution in [0.25, 0.3) is 0 Å². The molecule has 0 aromatic heterocycles. The van der Waals surface area contributed by atoms with Gasteiger partial charge in [-0.1, -0.05) is 24.3 Å². The van der Waals surface area contributed by atoms with Crippen molar-refractivity contribution in [3.8, 4) is 0 Å². The molecule has 33 heavy (non-hydrogen) atoms. The van der Waals surface area contributed by atoms with Crippen LogP contribution >= 0.6 is 0 Å². The van der Waals surface area contributed by atoms with Crippen LogP contribution in [0, 0.1) is 11.8 Å². The summed E-state index contributed by atoms with van der Waals surface area (Å²) in [4.78, 5) is 13.9. The molecule has 178 valence electrons. The van der Waals surface area contributed by atoms with E-state index in [1.807, 2.05) is 12.2 Å². The van der Waals surface area contributed by atoms with Gasteiger partial charge in [0.05, 0.1) is 23.8 Å². The first kappa shape index (κ1) is 22.5. The van der Waals surface area contributed by atoms with Gasteiger partial charge in [0.25, 0.3) is 0 Å². The lowest BCUT2D eigenvalue weighted by molar-refractivity contribution is -0.138. The molecule has 1 aliphatic carbocycles. The lowest BCUT2D eigenvalue weighted by Crippen LogP contribution is -2.50. The average Bonchev–Trinajstić information content (AvgIpc) is 3.26. The number of primary amides is 1. The van der Waals surface area contributed by atoms with Crippen molar-refractivity contribution in [1.82, 2.24) is 4.90 Å². The van der Waals surface area contributed by atoms with Crippen LogP contribution in [0.1, 0.15) is 49.3 Å². The zero-order valence-electron chi connectivity index (χ0n) is 18.4. The minimum Gasteiger partial charge on any atom is -0.381 e. The number of hydrogen-bond donors (Lipinski definition) is 2. The molecule has 2 fully saturated rings. The number of ether oxygens (including phenoxy) is 1. The number of carbonyl (C=O) groups is 1. The van der Waals surface area contributed by atoms with Crippen LogP contribution in [0.2, 0.25) is 0 Å². The van der Waals surface area contributed by atoms with Gasteiger partial charge in [-0.15, -0.1) is 0 Å². The SMILES string of the molecule is NC(=O)[C@H]1CCCN1C[C@H]1CC[C@@H]2[C@H](O1)c1cc(C(F)(F)F)ccc1N[C@H]2C1C=CC=CC1. The fourth-order valence-corrected chi connectivity index (χ4v) is 6.02. The van der Waals surface area contributed by atoms with Gasteiger partial charge in [0.15, 0.2) is 0 Å². The third kappa shape index (κ3) is 4.43. The quantitative estimate of drug-likeness (QED) is 0.697. The van der Waals surface area contributed by atoms with Crippen LogP contribution < -0.4 is 11.1 Å². The Balaban J connectivity index is 1.43. The highest BCUT2D eigenvalue weighted by atomic mass is 19.4. The number of alkyl halides is 3. The van der Waals surface area contributed by atoms with Gasteiger partial charge in [0.1, 0.15) is 0 Å². The maximum Gasteiger partial charge on any atom is 0.416 e. The van der Waals surface area contributed by atoms with E-state index in [-0.39, 0.29) is 35.9 Å². The van der Waals surface area contributed by atoms with Crippen LogP contribution in [-0.4, -0.2) is 42.1 Å². The number of hydrogen-bond acceptors (Lipinski definition) is 4. The Hall–Kier alpha value is -2.32. The highest BCUT2D eigenvalue weighted by molar-refractivity contribution is 5.80. The lowest BCUT2D eigenvalue weighted by atomic mass is 9.73. The first-order valence-corrected chi connectivity index (χ1v) is 11.8. The molecule has 0 radical (unpaired) electrons. The van der Waals surface area contributed by atoms with Gasteiger partial charge in [-0.2, -0.15) is 13.2 Å². The summed E-state index contributed by atoms with van der Waals surface area (Å²) in [5.41, 5.74) is 6.22. The number of nitrogens with two attached hydrogens (primary N) is 1. The molecular weight excluding hydrogens is 431 g/mol. The van der Waals surface area contributed by atoms with Crippen LogP contribution in [0.5, 0.6) is 0 Å². The number of rotatable bonds is 4. The summed E-state index contributed by atoms with van der Waals surface area (Å²) >= 11 is 0. The molecule has 3 N–H and O–H groups in total. The summed E-state index contributed by atoms with van der Waals surface area (Å²) in [5.74, 6) is 0.0141. The van der Waals surface area contributed by atoms with Crippen molar-refractivity contribution in [2.45, 2.75) is 62.6 Å². The summed E-state index contributed by atoms with van der Waals surface area (Å²) < 4.78 is 47.0. The summed E-state index contributed by atoms with van der Waals surface area (Å²) in [6.45, 7) is 1.37. The molecule has 0 saturated carbocycles. The van der Waals surface area contributed by atoms with Crippen LogP contribution in [0.3, 0.4) is 0 Å². The van der Waals surface area contributed by atoms with E-state index >= 15 is 0 Å². The second-order valence-electron chi connectivity index (χ2n) is 9.66. The van der Waals surface area contributed by atoms with Crippen molar-refractivity contribution in [2.24, 2.45) is 17.6 Å². The minimum absolute atomic E-state index is 0.0731. The molecular formula is C25H30F3N3O2. The summed E-state index contributed by atoms with van der Waals surface area (Å²) in [6, 6.07) is 3.74. The molecule has 8 heteroatoms. The Kier molecular flexibility index (Phi) is 5.99. The largest absolute Gasteiger partial charge is 0.416 e. The maximum absolute atomic E-state index is 13.5. The number of benzene rings is 1. The Morgan fingerprint density at radius 1 is 1.21 bits per heavy atom. The van der Waals surface area contributed by atoms with Gasteiger partial charge in [-0.3, -0.25) is 9.69 Å². The fourth-order valence-electron chi connectivity index (χ4n) is 6.02. The predicted octanol–water partition coefficient (Wildman–Crippen LogP) is 4.42. The molecule has 5 nitrogen and oxygen atoms in total. The predicted molar refractivity (Wildman–Crippen MR) is 119 cm³/mol. The van der Waals surface area contributed by atoms with Crippen molar-refractivity contribution in [2.75, 3.05) is 18.4 Å². The van der Waals surface area contributed by atoms with E-state index in [1.54, 1.807) is 6.07 Å². The molecule has 5 rings (SSSR count). The van der Waals surface area contributed by atoms with Crippen molar-refractivity contribution in [3.63, 3.8) is 0 Å². The molecule has 0 bridgehead atoms. The Morgan fingerprint density at radius 3 is 2.79 bits per heavy atom. The fraction of sp³-hybridized carbons (Fsp3) is 0.560. The second kappa shape index (κ2) is 8.80. The lowest BCUT2D eigenvalue weighted by Gasteiger charge is -2.48. The van der Waals surface area contributed by atoms with E-state index in [0.717, 1.165) is 44.7 Å². The number of amides is 1. The number of halogens is 3. The van der Waals surface area contributed by atoms with Crippen molar-refractivity contribution >= 4 is 11.6 Å². The van der Waals surface area contributed by atoms with E-state index in [0.29, 0.717) is 17.8 Å². The number of allylic oxidation sites excluding steroid dienone is 3. The third-order valence-electron chi connectivity index (χ3n) is 7.62. The number of anilines is 1. The minimum atomic E-state index is -4.41. The Bertz CT molecular complexity index is 961. The topological polar surface area (TPSA) is 67.6 Å². The van der Waals surface area contributed by atoms with Gasteiger partial charge in [-0.25, -0.2) is 0 Å². The van der Waals surface area contributed by atoms with Gasteiger partial charge in [0, 0.05) is 35.7 Å². The molecule has 3 heterocycles. The number of carbonyl (C=O) groups excluding carboxylic acids is 1. The average molecular weight is 462 g/mol. The molecule has 2 saturated heterocycles. The Morgan fingerprint density at radius 2 is 2.06 bits per heavy atom. The number of fused-ring (bicyclic) bond motifs is 3. The van der Waals surface area contributed by atoms with Crippen LogP contribution in [-0.2, 0) is 15.7 Å². The smallest absolute Gasteiger partial charge is 0.381 e. The van der Waals surface area contributed by atoms with Crippen molar-refractivity contribution < 1.29 is 22.7 Å². The van der Waals surface area contributed by atoms with Crippen molar-refractivity contribution in [3.05, 3.63) is 53.6 Å². The van der Waals surface area contributed by atoms with Gasteiger partial charge in [-0.05, 0) is 56.8 Å². The molecule has 3 aliphatic heterocycles. The molecule has 6 atom stereocenters. The Labute approximate surface area is 191 Å². The van der Waals surface area contributed by atoms with E-state index in [1.165, 1.54) is 6.07 Å². The van der Waals surface area contributed by atoms with Gasteiger partial charge >= 0.3 is 6.18 Å². The van der Waals surface area contributed by atoms with Crippen LogP contribution in [0.15, 0.2) is 42.5 Å². The first-order chi connectivity index (χ1) is 15.8. The summed E-state index contributed by atoms with van der Waals surface area (Å²) in [5, 5.41) is 3.55. The van der Waals surface area contributed by atoms with Crippen molar-refractivity contribution in [1.29, 1.82) is 0 Å². The summed E-state index contributed by atoms with van der Waals surface area (Å²) in [7, 11) is 0. The summed E-state index contributed by atoms with van der Waals surface area (Å²) in [6.07, 6.45) is 7.63. The molecule has 4 aliphatic rings. The molecule has 1 aromatic rings. The number of nitrogens with zero attached hydrogens (tertiary/aromatic N) is 1. The first-order valence-electron chi connectivity index (χ1n) is 11.8. The normalized spacial score (nSPS) is 33.9. The van der Waals surface area contributed by atoms with Crippen LogP contribution in [0.4, 0.5) is 18.9 Å². The molecule has 0 spiro atoms. The molecule has 1 aromatic carbocycles. The maximum atomic E-state index is 13.5. The number of nitrogens with one attached hydrogen (secondary N) is 1. The highest BCUT2D eigenvalue weighted by Gasteiger charge is 2.45. The zero-order valence-corrected chi connectivity index (χ0v) is 18.4. The molecule has 1 unspecified atom stereocenters. The monoisotopic (exact) mass is 461 g/mol. The van der Waals surface area contributed by atoms with E-state index < -0.39 is 17.8 Å². The van der Waals surface area contributed by atoms with E-state index in [2.05, 4.69) is 22.4 Å². The third-order valence-corrected chi connectivity index (χ3v) is 7.62. The number of likely N-dealkylation sites (tertiary alicyclic amines) is 1. The highest BCUT2D eigenvalue weighted by Crippen LogP contribution is 2.49. The second-order valence-corrected chi connectivity index (χ2v) is 9.66. The van der Waals surface area contributed by atoms with E-state index in [4.69, 9.17) is 10.5 Å². The van der Waals surface area contributed by atoms with E-state index in [9.17, 15) is 18.0 Å². The zero-order chi connectivity index (χ0) is 23.2.